The Morgan fingerprint density at radius 3 is 2.52 bits per heavy atom. The van der Waals surface area contributed by atoms with Crippen LogP contribution in [0.15, 0.2) is 48.5 Å². The molecule has 0 aliphatic heterocycles. The van der Waals surface area contributed by atoms with E-state index in [1.54, 1.807) is 18.4 Å². The molecule has 0 radical (unpaired) electrons. The number of nitrogens with one attached hydrogen (secondary N) is 1. The number of benzene rings is 2. The third kappa shape index (κ3) is 3.17. The predicted molar refractivity (Wildman–Crippen MR) is 116 cm³/mol. The number of fused-ring (bicyclic) bond motifs is 2. The fourth-order valence-corrected chi connectivity index (χ4v) is 4.13. The van der Waals surface area contributed by atoms with E-state index in [1.807, 2.05) is 67.1 Å². The monoisotopic (exact) mass is 402 g/mol. The van der Waals surface area contributed by atoms with Crippen LogP contribution in [0, 0.1) is 13.8 Å². The summed E-state index contributed by atoms with van der Waals surface area (Å²) in [5.41, 5.74) is 4.33. The molecule has 2 aromatic carbocycles. The highest BCUT2D eigenvalue weighted by Gasteiger charge is 2.15. The Labute approximate surface area is 171 Å². The molecule has 144 valence electrons. The van der Waals surface area contributed by atoms with E-state index in [9.17, 15) is 0 Å². The maximum atomic E-state index is 5.32. The van der Waals surface area contributed by atoms with Gasteiger partial charge in [0.25, 0.3) is 0 Å². The van der Waals surface area contributed by atoms with Gasteiger partial charge in [0.2, 0.25) is 5.13 Å². The van der Waals surface area contributed by atoms with Gasteiger partial charge in [0, 0.05) is 6.07 Å². The molecule has 0 atom stereocenters. The molecule has 0 amide bonds. The Balaban J connectivity index is 1.57. The van der Waals surface area contributed by atoms with E-state index < -0.39 is 0 Å². The van der Waals surface area contributed by atoms with E-state index in [2.05, 4.69) is 15.4 Å². The van der Waals surface area contributed by atoms with Crippen molar-refractivity contribution in [3.05, 3.63) is 59.9 Å². The average molecular weight is 402 g/mol. The molecule has 3 aromatic heterocycles. The summed E-state index contributed by atoms with van der Waals surface area (Å²) in [7, 11) is 1.66. The molecule has 5 rings (SSSR count). The molecule has 0 fully saturated rings. The number of anilines is 2. The highest BCUT2D eigenvalue weighted by molar-refractivity contribution is 7.20. The first kappa shape index (κ1) is 17.6. The van der Waals surface area contributed by atoms with Gasteiger partial charge in [-0.25, -0.2) is 15.0 Å². The van der Waals surface area contributed by atoms with Crippen molar-refractivity contribution < 1.29 is 4.74 Å². The van der Waals surface area contributed by atoms with Crippen molar-refractivity contribution in [3.63, 3.8) is 0 Å². The zero-order chi connectivity index (χ0) is 20.0. The summed E-state index contributed by atoms with van der Waals surface area (Å²) in [6, 6.07) is 15.7. The molecule has 8 heteroatoms. The Hall–Kier alpha value is -3.52. The van der Waals surface area contributed by atoms with Crippen molar-refractivity contribution in [1.29, 1.82) is 0 Å². The Morgan fingerprint density at radius 1 is 0.931 bits per heavy atom. The summed E-state index contributed by atoms with van der Waals surface area (Å²) in [5.74, 6) is 2.30. The van der Waals surface area contributed by atoms with Crippen LogP contribution in [-0.2, 0) is 0 Å². The van der Waals surface area contributed by atoms with Gasteiger partial charge in [-0.1, -0.05) is 23.5 Å². The molecule has 0 spiro atoms. The van der Waals surface area contributed by atoms with Crippen LogP contribution in [0.4, 0.5) is 11.6 Å². The number of thiazole rings is 1. The van der Waals surface area contributed by atoms with Gasteiger partial charge in [0.05, 0.1) is 39.7 Å². The first-order chi connectivity index (χ1) is 14.1. The fraction of sp³-hybridized carbons (Fsp3) is 0.143. The normalized spacial score (nSPS) is 11.3. The van der Waals surface area contributed by atoms with Gasteiger partial charge in [-0.15, -0.1) is 0 Å². The Morgan fingerprint density at radius 2 is 1.72 bits per heavy atom. The number of para-hydroxylation sites is 2. The van der Waals surface area contributed by atoms with Crippen molar-refractivity contribution in [2.24, 2.45) is 0 Å². The van der Waals surface area contributed by atoms with E-state index in [4.69, 9.17) is 14.7 Å². The topological polar surface area (TPSA) is 77.8 Å². The van der Waals surface area contributed by atoms with Gasteiger partial charge in [0.15, 0.2) is 5.82 Å². The van der Waals surface area contributed by atoms with Crippen LogP contribution in [0.25, 0.3) is 26.4 Å². The maximum absolute atomic E-state index is 5.32. The lowest BCUT2D eigenvalue weighted by Gasteiger charge is -2.10. The number of methoxy groups -OCH3 is 1. The predicted octanol–water partition coefficient (Wildman–Crippen LogP) is 4.79. The van der Waals surface area contributed by atoms with Gasteiger partial charge in [-0.3, -0.25) is 0 Å². The molecular weight excluding hydrogens is 384 g/mol. The summed E-state index contributed by atoms with van der Waals surface area (Å²) < 4.78 is 8.17. The molecule has 0 aliphatic rings. The summed E-state index contributed by atoms with van der Waals surface area (Å²) >= 11 is 1.56. The Kier molecular flexibility index (Phi) is 4.13. The van der Waals surface area contributed by atoms with E-state index in [1.165, 1.54) is 0 Å². The van der Waals surface area contributed by atoms with Crippen LogP contribution < -0.4 is 10.1 Å². The first-order valence-corrected chi connectivity index (χ1v) is 9.94. The van der Waals surface area contributed by atoms with Crippen LogP contribution in [0.1, 0.15) is 11.4 Å². The fourth-order valence-electron chi connectivity index (χ4n) is 3.17. The van der Waals surface area contributed by atoms with E-state index in [0.29, 0.717) is 5.82 Å². The second kappa shape index (κ2) is 6.82. The lowest BCUT2D eigenvalue weighted by Crippen LogP contribution is -2.05. The molecule has 0 bridgehead atoms. The van der Waals surface area contributed by atoms with Crippen molar-refractivity contribution in [1.82, 2.24) is 24.7 Å². The molecule has 5 aromatic rings. The lowest BCUT2D eigenvalue weighted by molar-refractivity contribution is 0.415. The maximum Gasteiger partial charge on any atom is 0.213 e. The molecule has 0 saturated carbocycles. The highest BCUT2D eigenvalue weighted by Crippen LogP contribution is 2.31. The number of aryl methyl sites for hydroxylation is 2. The minimum absolute atomic E-state index is 0.702. The van der Waals surface area contributed by atoms with Crippen molar-refractivity contribution in [2.75, 3.05) is 12.4 Å². The summed E-state index contributed by atoms with van der Waals surface area (Å²) in [4.78, 5) is 14.1. The van der Waals surface area contributed by atoms with Crippen LogP contribution >= 0.6 is 11.3 Å². The number of hydrogen-bond donors (Lipinski definition) is 1. The zero-order valence-corrected chi connectivity index (χ0v) is 17.0. The van der Waals surface area contributed by atoms with Crippen LogP contribution in [0.5, 0.6) is 5.75 Å². The molecule has 0 saturated heterocycles. The molecule has 7 nitrogen and oxygen atoms in total. The smallest absolute Gasteiger partial charge is 0.213 e. The number of ether oxygens (including phenoxy) is 1. The molecule has 0 unspecified atom stereocenters. The second-order valence-corrected chi connectivity index (χ2v) is 7.69. The number of rotatable bonds is 4. The third-order valence-corrected chi connectivity index (χ3v) is 5.58. The third-order valence-electron chi connectivity index (χ3n) is 4.59. The van der Waals surface area contributed by atoms with Gasteiger partial charge < -0.3 is 10.1 Å². The largest absolute Gasteiger partial charge is 0.497 e. The molecule has 0 aliphatic carbocycles. The molecule has 1 N–H and O–H groups in total. The van der Waals surface area contributed by atoms with Crippen LogP contribution in [0.3, 0.4) is 0 Å². The highest BCUT2D eigenvalue weighted by atomic mass is 32.1. The van der Waals surface area contributed by atoms with Gasteiger partial charge in [-0.05, 0) is 44.2 Å². The minimum atomic E-state index is 0.702. The van der Waals surface area contributed by atoms with E-state index in [0.717, 1.165) is 49.3 Å². The van der Waals surface area contributed by atoms with Crippen molar-refractivity contribution in [2.45, 2.75) is 13.8 Å². The quantitative estimate of drug-likeness (QED) is 0.465. The standard InChI is InChI=1S/C21H18N6OS/c1-12-10-19(25-20-13(2)22-15-6-4-5-7-16(15)23-20)27(26-12)21-24-17-9-8-14(28-3)11-18(17)29-21/h4-11H,1-3H3,(H,23,25). The molecular formula is C21H18N6OS. The van der Waals surface area contributed by atoms with Crippen molar-refractivity contribution in [3.8, 4) is 10.9 Å². The van der Waals surface area contributed by atoms with Crippen LogP contribution in [-0.4, -0.2) is 31.8 Å². The van der Waals surface area contributed by atoms with Gasteiger partial charge in [0.1, 0.15) is 11.6 Å². The van der Waals surface area contributed by atoms with E-state index >= 15 is 0 Å². The summed E-state index contributed by atoms with van der Waals surface area (Å²) in [6.07, 6.45) is 0. The SMILES string of the molecule is COc1ccc2nc(-n3nc(C)cc3Nc3nc4ccccc4nc3C)sc2c1. The summed E-state index contributed by atoms with van der Waals surface area (Å²) in [5, 5.41) is 8.79. The Bertz CT molecular complexity index is 1360. The average Bonchev–Trinajstić information content (AvgIpc) is 3.30. The van der Waals surface area contributed by atoms with Gasteiger partial charge >= 0.3 is 0 Å². The molecule has 29 heavy (non-hydrogen) atoms. The molecule has 3 heterocycles. The summed E-state index contributed by atoms with van der Waals surface area (Å²) in [6.45, 7) is 3.90. The van der Waals surface area contributed by atoms with Crippen LogP contribution in [0.2, 0.25) is 0 Å². The number of hydrogen-bond acceptors (Lipinski definition) is 7. The van der Waals surface area contributed by atoms with Crippen molar-refractivity contribution >= 4 is 44.2 Å². The number of nitrogens with zero attached hydrogens (tertiary/aromatic N) is 5. The minimum Gasteiger partial charge on any atom is -0.497 e. The van der Waals surface area contributed by atoms with E-state index in [-0.39, 0.29) is 0 Å². The number of aromatic nitrogens is 5. The first-order valence-electron chi connectivity index (χ1n) is 9.13. The van der Waals surface area contributed by atoms with Gasteiger partial charge in [-0.2, -0.15) is 9.78 Å². The zero-order valence-electron chi connectivity index (χ0n) is 16.2. The lowest BCUT2D eigenvalue weighted by atomic mass is 10.3. The second-order valence-electron chi connectivity index (χ2n) is 6.68.